The lowest BCUT2D eigenvalue weighted by Gasteiger charge is -2.39. The molecule has 1 aliphatic carbocycles. The number of halogens is 1. The van der Waals surface area contributed by atoms with Crippen molar-refractivity contribution in [1.82, 2.24) is 4.90 Å². The molecule has 1 spiro atoms. The molecule has 1 unspecified atom stereocenters. The van der Waals surface area contributed by atoms with E-state index in [-0.39, 0.29) is 23.4 Å². The molecule has 5 nitrogen and oxygen atoms in total. The number of ether oxygens (including phenoxy) is 1. The van der Waals surface area contributed by atoms with Crippen molar-refractivity contribution in [3.05, 3.63) is 30.1 Å². The lowest BCUT2D eigenvalue weighted by Crippen LogP contribution is -2.51. The highest BCUT2D eigenvalue weighted by molar-refractivity contribution is 7.80. The van der Waals surface area contributed by atoms with Crippen LogP contribution in [0.15, 0.2) is 24.3 Å². The van der Waals surface area contributed by atoms with Gasteiger partial charge in [0, 0.05) is 12.3 Å². The maximum absolute atomic E-state index is 13.3. The van der Waals surface area contributed by atoms with E-state index in [1.54, 1.807) is 24.0 Å². The van der Waals surface area contributed by atoms with Crippen molar-refractivity contribution >= 4 is 28.9 Å². The molecule has 1 aliphatic heterocycles. The van der Waals surface area contributed by atoms with Gasteiger partial charge in [-0.1, -0.05) is 19.3 Å². The van der Waals surface area contributed by atoms with Gasteiger partial charge in [-0.15, -0.1) is 0 Å². The molecular formula is C17H21FN2O3S. The second-order valence-corrected chi connectivity index (χ2v) is 6.51. The molecular weight excluding hydrogens is 331 g/mol. The van der Waals surface area contributed by atoms with Crippen LogP contribution in [0.3, 0.4) is 0 Å². The summed E-state index contributed by atoms with van der Waals surface area (Å²) in [4.78, 5) is 16.1. The van der Waals surface area contributed by atoms with Crippen LogP contribution < -0.4 is 4.90 Å². The summed E-state index contributed by atoms with van der Waals surface area (Å²) in [6.07, 6.45) is 2.78. The molecule has 1 saturated heterocycles. The second kappa shape index (κ2) is 6.74. The number of aliphatic hydroxyl groups excluding tert-OH is 1. The summed E-state index contributed by atoms with van der Waals surface area (Å²) >= 11 is 5.50. The van der Waals surface area contributed by atoms with Crippen LogP contribution in [-0.4, -0.2) is 39.6 Å². The number of benzene rings is 1. The highest BCUT2D eigenvalue weighted by Gasteiger charge is 2.57. The van der Waals surface area contributed by atoms with Crippen molar-refractivity contribution < 1.29 is 19.0 Å². The van der Waals surface area contributed by atoms with E-state index in [0.29, 0.717) is 18.5 Å². The molecule has 0 bridgehead atoms. The Kier molecular flexibility index (Phi) is 4.85. The Morgan fingerprint density at radius 2 is 1.92 bits per heavy atom. The van der Waals surface area contributed by atoms with Crippen molar-refractivity contribution in [1.29, 1.82) is 0 Å². The molecule has 7 heteroatoms. The molecule has 1 N–H and O–H groups in total. The molecule has 3 rings (SSSR count). The van der Waals surface area contributed by atoms with Gasteiger partial charge in [0.2, 0.25) is 6.41 Å². The maximum atomic E-state index is 13.3. The molecule has 1 aromatic carbocycles. The van der Waals surface area contributed by atoms with Gasteiger partial charge in [-0.25, -0.2) is 9.29 Å². The Bertz CT molecular complexity index is 631. The summed E-state index contributed by atoms with van der Waals surface area (Å²) in [5.74, 6) is -0.587. The fraction of sp³-hybridized carbons (Fsp3) is 0.529. The maximum Gasteiger partial charge on any atom is 0.259 e. The zero-order chi connectivity index (χ0) is 17.3. The number of carbonyl (C=O) groups excluding carboxylic acids is 1. The van der Waals surface area contributed by atoms with Crippen LogP contribution in [0.5, 0.6) is 0 Å². The van der Waals surface area contributed by atoms with Gasteiger partial charge in [-0.2, -0.15) is 0 Å². The molecule has 2 fully saturated rings. The summed E-state index contributed by atoms with van der Waals surface area (Å²) < 4.78 is 18.5. The van der Waals surface area contributed by atoms with Gasteiger partial charge in [0.25, 0.3) is 5.91 Å². The van der Waals surface area contributed by atoms with Crippen LogP contribution >= 0.6 is 12.2 Å². The highest BCUT2D eigenvalue weighted by Crippen LogP contribution is 2.43. The first-order valence-electron chi connectivity index (χ1n) is 8.24. The number of nitrogens with zero attached hydrogens (tertiary/aromatic N) is 2. The number of aliphatic hydroxyl groups is 1. The predicted octanol–water partition coefficient (Wildman–Crippen LogP) is 2.77. The number of anilines is 1. The first-order chi connectivity index (χ1) is 11.5. The summed E-state index contributed by atoms with van der Waals surface area (Å²) in [5, 5.41) is 10.4. The van der Waals surface area contributed by atoms with Crippen molar-refractivity contribution in [2.24, 2.45) is 0 Å². The molecule has 1 heterocycles. The van der Waals surface area contributed by atoms with Crippen molar-refractivity contribution in [3.8, 4) is 0 Å². The molecule has 0 aromatic heterocycles. The minimum atomic E-state index is -1.40. The third kappa shape index (κ3) is 2.70. The van der Waals surface area contributed by atoms with Gasteiger partial charge in [0.05, 0.1) is 0 Å². The minimum absolute atomic E-state index is 0.203. The monoisotopic (exact) mass is 352 g/mol. The normalized spacial score (nSPS) is 21.6. The average Bonchev–Trinajstić information content (AvgIpc) is 2.77. The zero-order valence-electron chi connectivity index (χ0n) is 13.6. The summed E-state index contributed by atoms with van der Waals surface area (Å²) in [5.41, 5.74) is -0.159. The summed E-state index contributed by atoms with van der Waals surface area (Å²) in [7, 11) is 0. The van der Waals surface area contributed by atoms with E-state index in [4.69, 9.17) is 17.0 Å². The Morgan fingerprint density at radius 1 is 1.29 bits per heavy atom. The Hall–Kier alpha value is -1.57. The van der Waals surface area contributed by atoms with Gasteiger partial charge >= 0.3 is 0 Å². The van der Waals surface area contributed by atoms with Gasteiger partial charge in [-0.3, -0.25) is 4.79 Å². The van der Waals surface area contributed by atoms with Crippen molar-refractivity contribution in [2.75, 3.05) is 11.5 Å². The molecule has 130 valence electrons. The highest BCUT2D eigenvalue weighted by atomic mass is 32.1. The van der Waals surface area contributed by atoms with Crippen LogP contribution in [0.25, 0.3) is 0 Å². The van der Waals surface area contributed by atoms with Crippen LogP contribution in [0.2, 0.25) is 0 Å². The van der Waals surface area contributed by atoms with Gasteiger partial charge in [0.1, 0.15) is 11.4 Å². The Balaban J connectivity index is 2.04. The van der Waals surface area contributed by atoms with Gasteiger partial charge < -0.3 is 14.7 Å². The fourth-order valence-corrected chi connectivity index (χ4v) is 4.09. The number of hydrogen-bond donors (Lipinski definition) is 1. The van der Waals surface area contributed by atoms with Gasteiger partial charge in [0.15, 0.2) is 5.11 Å². The smallest absolute Gasteiger partial charge is 0.259 e. The van der Waals surface area contributed by atoms with Crippen LogP contribution in [-0.2, 0) is 9.53 Å². The average molecular weight is 352 g/mol. The Labute approximate surface area is 146 Å². The minimum Gasteiger partial charge on any atom is -0.351 e. The third-order valence-electron chi connectivity index (χ3n) is 4.74. The first-order valence-corrected chi connectivity index (χ1v) is 8.65. The van der Waals surface area contributed by atoms with E-state index in [1.165, 1.54) is 12.1 Å². The van der Waals surface area contributed by atoms with E-state index in [1.807, 2.05) is 0 Å². The number of rotatable bonds is 4. The molecule has 0 radical (unpaired) electrons. The van der Waals surface area contributed by atoms with E-state index >= 15 is 0 Å². The molecule has 1 atom stereocenters. The molecule has 2 aliphatic rings. The number of hydrogen-bond acceptors (Lipinski definition) is 4. The Morgan fingerprint density at radius 3 is 2.50 bits per heavy atom. The molecule has 1 saturated carbocycles. The lowest BCUT2D eigenvalue weighted by molar-refractivity contribution is -0.179. The van der Waals surface area contributed by atoms with E-state index in [0.717, 1.165) is 24.2 Å². The quantitative estimate of drug-likeness (QED) is 0.667. The largest absolute Gasteiger partial charge is 0.351 e. The summed E-state index contributed by atoms with van der Waals surface area (Å²) in [6, 6.07) is 5.92. The summed E-state index contributed by atoms with van der Waals surface area (Å²) in [6.45, 7) is 2.00. The van der Waals surface area contributed by atoms with Gasteiger partial charge in [-0.05, 0) is 56.2 Å². The number of thiocarbonyl (C=S) groups is 1. The fourth-order valence-electron chi connectivity index (χ4n) is 3.64. The van der Waals surface area contributed by atoms with E-state index in [9.17, 15) is 14.3 Å². The number of carbonyl (C=O) groups is 1. The topological polar surface area (TPSA) is 53.0 Å². The second-order valence-electron chi connectivity index (χ2n) is 6.14. The SMILES string of the molecule is CCOC(O)N1C(=O)C2(CCCCC2)N(c2ccc(F)cc2)C1=S. The zero-order valence-corrected chi connectivity index (χ0v) is 14.4. The molecule has 1 amide bonds. The molecule has 1 aromatic rings. The van der Waals surface area contributed by atoms with Crippen LogP contribution in [0, 0.1) is 5.82 Å². The van der Waals surface area contributed by atoms with Crippen molar-refractivity contribution in [3.63, 3.8) is 0 Å². The van der Waals surface area contributed by atoms with Crippen molar-refractivity contribution in [2.45, 2.75) is 51.0 Å². The van der Waals surface area contributed by atoms with Crippen LogP contribution in [0.1, 0.15) is 39.0 Å². The third-order valence-corrected chi connectivity index (χ3v) is 5.12. The molecule has 24 heavy (non-hydrogen) atoms. The van der Waals surface area contributed by atoms with E-state index < -0.39 is 12.0 Å². The number of amides is 1. The van der Waals surface area contributed by atoms with Crippen LogP contribution in [0.4, 0.5) is 10.1 Å². The lowest BCUT2D eigenvalue weighted by atomic mass is 9.80. The predicted molar refractivity (Wildman–Crippen MR) is 91.8 cm³/mol. The van der Waals surface area contributed by atoms with E-state index in [2.05, 4.69) is 0 Å². The standard InChI is InChI=1S/C17H21FN2O3S/c1-2-23-16(22)19-14(21)17(10-4-3-5-11-17)20(15(19)24)13-8-6-12(18)7-9-13/h6-9,16,22H,2-5,10-11H2,1H3. The first kappa shape index (κ1) is 17.3.